The summed E-state index contributed by atoms with van der Waals surface area (Å²) in [5.41, 5.74) is 2.45. The van der Waals surface area contributed by atoms with E-state index in [-0.39, 0.29) is 37.4 Å². The molecule has 40 heavy (non-hydrogen) atoms. The Labute approximate surface area is 249 Å². The monoisotopic (exact) mass is 609 g/mol. The smallest absolute Gasteiger partial charge is 0.243 e. The predicted molar refractivity (Wildman–Crippen MR) is 163 cm³/mol. The molecule has 1 atom stereocenters. The van der Waals surface area contributed by atoms with Gasteiger partial charge in [-0.2, -0.15) is 0 Å². The average molecular weight is 611 g/mol. The average Bonchev–Trinajstić information content (AvgIpc) is 2.92. The van der Waals surface area contributed by atoms with Gasteiger partial charge < -0.3 is 10.2 Å². The lowest BCUT2D eigenvalue weighted by Gasteiger charge is -2.33. The van der Waals surface area contributed by atoms with Gasteiger partial charge in [-0.25, -0.2) is 8.42 Å². The van der Waals surface area contributed by atoms with Gasteiger partial charge in [0.15, 0.2) is 0 Å². The summed E-state index contributed by atoms with van der Waals surface area (Å²) in [6, 6.07) is 12.1. The van der Waals surface area contributed by atoms with Crippen LogP contribution >= 0.6 is 23.2 Å². The van der Waals surface area contributed by atoms with E-state index in [4.69, 9.17) is 23.2 Å². The first kappa shape index (κ1) is 32.2. The molecule has 1 aliphatic rings. The number of rotatable bonds is 13. The van der Waals surface area contributed by atoms with Crippen molar-refractivity contribution >= 4 is 50.7 Å². The SMILES string of the molecule is CCc1ccc(N(CCCC(=O)N(Cc2ccc(Cl)c(Cl)c2)[C@H](CC)C(=O)NC2CCCCC2)S(C)(=O)=O)cc1. The van der Waals surface area contributed by atoms with Gasteiger partial charge in [0.05, 0.1) is 22.0 Å². The topological polar surface area (TPSA) is 86.8 Å². The molecule has 7 nitrogen and oxygen atoms in total. The maximum absolute atomic E-state index is 13.7. The largest absolute Gasteiger partial charge is 0.352 e. The van der Waals surface area contributed by atoms with Gasteiger partial charge in [0.2, 0.25) is 21.8 Å². The van der Waals surface area contributed by atoms with Gasteiger partial charge in [-0.3, -0.25) is 13.9 Å². The molecule has 0 heterocycles. The molecule has 1 N–H and O–H groups in total. The van der Waals surface area contributed by atoms with E-state index in [9.17, 15) is 18.0 Å². The van der Waals surface area contributed by atoms with Crippen LogP contribution in [0.25, 0.3) is 0 Å². The highest BCUT2D eigenvalue weighted by Gasteiger charge is 2.30. The molecule has 0 aromatic heterocycles. The van der Waals surface area contributed by atoms with Crippen LogP contribution in [0.3, 0.4) is 0 Å². The Hall–Kier alpha value is -2.29. The first-order valence-corrected chi connectivity index (χ1v) is 16.7. The third-order valence-electron chi connectivity index (χ3n) is 7.46. The van der Waals surface area contributed by atoms with Crippen LogP contribution in [0.4, 0.5) is 5.69 Å². The van der Waals surface area contributed by atoms with E-state index in [0.717, 1.165) is 43.2 Å². The molecule has 0 spiro atoms. The number of carbonyl (C=O) groups is 2. The third-order valence-corrected chi connectivity index (χ3v) is 9.39. The van der Waals surface area contributed by atoms with E-state index >= 15 is 0 Å². The lowest BCUT2D eigenvalue weighted by molar-refractivity contribution is -0.141. The van der Waals surface area contributed by atoms with Gasteiger partial charge in [0.1, 0.15) is 6.04 Å². The number of benzene rings is 2. The highest BCUT2D eigenvalue weighted by molar-refractivity contribution is 7.92. The van der Waals surface area contributed by atoms with Crippen molar-refractivity contribution in [2.24, 2.45) is 0 Å². The maximum Gasteiger partial charge on any atom is 0.243 e. The number of hydrogen-bond acceptors (Lipinski definition) is 4. The predicted octanol–water partition coefficient (Wildman–Crippen LogP) is 6.36. The van der Waals surface area contributed by atoms with Gasteiger partial charge >= 0.3 is 0 Å². The van der Waals surface area contributed by atoms with E-state index in [2.05, 4.69) is 5.32 Å². The van der Waals surface area contributed by atoms with Crippen molar-refractivity contribution in [2.45, 2.75) is 90.3 Å². The van der Waals surface area contributed by atoms with Crippen LogP contribution in [0.2, 0.25) is 10.0 Å². The lowest BCUT2D eigenvalue weighted by Crippen LogP contribution is -2.51. The molecule has 0 bridgehead atoms. The lowest BCUT2D eigenvalue weighted by atomic mass is 9.95. The maximum atomic E-state index is 13.7. The minimum atomic E-state index is -3.55. The third kappa shape index (κ3) is 9.11. The van der Waals surface area contributed by atoms with Crippen molar-refractivity contribution in [3.05, 3.63) is 63.6 Å². The Balaban J connectivity index is 1.77. The Morgan fingerprint density at radius 2 is 1.62 bits per heavy atom. The second-order valence-electron chi connectivity index (χ2n) is 10.5. The van der Waals surface area contributed by atoms with Crippen LogP contribution in [-0.4, -0.2) is 50.0 Å². The van der Waals surface area contributed by atoms with E-state index in [1.54, 1.807) is 35.2 Å². The van der Waals surface area contributed by atoms with Crippen molar-refractivity contribution in [3.63, 3.8) is 0 Å². The van der Waals surface area contributed by atoms with Crippen LogP contribution in [0, 0.1) is 0 Å². The van der Waals surface area contributed by atoms with Crippen molar-refractivity contribution in [1.82, 2.24) is 10.2 Å². The van der Waals surface area contributed by atoms with Gasteiger partial charge in [-0.05, 0) is 67.5 Å². The van der Waals surface area contributed by atoms with Gasteiger partial charge in [-0.1, -0.05) is 74.5 Å². The van der Waals surface area contributed by atoms with Crippen molar-refractivity contribution in [2.75, 3.05) is 17.1 Å². The number of sulfonamides is 1. The number of halogens is 2. The molecule has 220 valence electrons. The van der Waals surface area contributed by atoms with Crippen LogP contribution in [0.5, 0.6) is 0 Å². The summed E-state index contributed by atoms with van der Waals surface area (Å²) in [5, 5.41) is 3.96. The molecule has 10 heteroatoms. The summed E-state index contributed by atoms with van der Waals surface area (Å²) < 4.78 is 26.5. The second kappa shape index (κ2) is 15.1. The molecule has 3 rings (SSSR count). The van der Waals surface area contributed by atoms with Crippen molar-refractivity contribution in [3.8, 4) is 0 Å². The summed E-state index contributed by atoms with van der Waals surface area (Å²) in [7, 11) is -3.55. The highest BCUT2D eigenvalue weighted by atomic mass is 35.5. The van der Waals surface area contributed by atoms with Gasteiger partial charge in [0, 0.05) is 25.6 Å². The number of anilines is 1. The van der Waals surface area contributed by atoms with Crippen LogP contribution in [0.15, 0.2) is 42.5 Å². The van der Waals surface area contributed by atoms with Gasteiger partial charge in [-0.15, -0.1) is 0 Å². The Morgan fingerprint density at radius 1 is 0.975 bits per heavy atom. The first-order valence-electron chi connectivity index (χ1n) is 14.1. The molecule has 0 saturated heterocycles. The molecular weight excluding hydrogens is 569 g/mol. The Morgan fingerprint density at radius 3 is 2.20 bits per heavy atom. The molecule has 0 unspecified atom stereocenters. The van der Waals surface area contributed by atoms with E-state index in [1.807, 2.05) is 26.0 Å². The van der Waals surface area contributed by atoms with Crippen molar-refractivity contribution < 1.29 is 18.0 Å². The molecule has 1 fully saturated rings. The molecule has 1 saturated carbocycles. The quantitative estimate of drug-likeness (QED) is 0.286. The van der Waals surface area contributed by atoms with Gasteiger partial charge in [0.25, 0.3) is 0 Å². The Bertz CT molecular complexity index is 1250. The fourth-order valence-electron chi connectivity index (χ4n) is 5.20. The summed E-state index contributed by atoms with van der Waals surface area (Å²) in [6.07, 6.45) is 8.12. The zero-order chi connectivity index (χ0) is 29.3. The summed E-state index contributed by atoms with van der Waals surface area (Å²) in [6.45, 7) is 4.28. The molecule has 0 radical (unpaired) electrons. The molecule has 1 aliphatic carbocycles. The molecule has 2 amide bonds. The number of hydrogen-bond donors (Lipinski definition) is 1. The van der Waals surface area contributed by atoms with E-state index in [0.29, 0.717) is 28.6 Å². The van der Waals surface area contributed by atoms with E-state index < -0.39 is 16.1 Å². The molecular formula is C30H41Cl2N3O4S. The number of nitrogens with zero attached hydrogens (tertiary/aromatic N) is 2. The number of nitrogens with one attached hydrogen (secondary N) is 1. The van der Waals surface area contributed by atoms with Crippen LogP contribution < -0.4 is 9.62 Å². The molecule has 2 aromatic carbocycles. The zero-order valence-corrected chi connectivity index (χ0v) is 26.0. The summed E-state index contributed by atoms with van der Waals surface area (Å²) in [5.74, 6) is -0.372. The normalized spacial score (nSPS) is 14.9. The standard InChI is InChI=1S/C30H41Cl2N3O4S/c1-4-22-13-16-25(17-14-22)35(40(3,38)39)19-9-12-29(36)34(21-23-15-18-26(31)27(32)20-23)28(5-2)30(37)33-24-10-7-6-8-11-24/h13-18,20,24,28H,4-12,19,21H2,1-3H3,(H,33,37)/t28-/m1/s1. The summed E-state index contributed by atoms with van der Waals surface area (Å²) >= 11 is 12.3. The van der Waals surface area contributed by atoms with E-state index in [1.165, 1.54) is 17.0 Å². The highest BCUT2D eigenvalue weighted by Crippen LogP contribution is 2.25. The van der Waals surface area contributed by atoms with Crippen molar-refractivity contribution in [1.29, 1.82) is 0 Å². The fourth-order valence-corrected chi connectivity index (χ4v) is 6.49. The Kier molecular flexibility index (Phi) is 12.2. The second-order valence-corrected chi connectivity index (χ2v) is 13.2. The van der Waals surface area contributed by atoms with Crippen LogP contribution in [-0.2, 0) is 32.6 Å². The minimum Gasteiger partial charge on any atom is -0.352 e. The number of amides is 2. The first-order chi connectivity index (χ1) is 19.0. The minimum absolute atomic E-state index is 0.0909. The molecule has 2 aromatic rings. The zero-order valence-electron chi connectivity index (χ0n) is 23.7. The fraction of sp³-hybridized carbons (Fsp3) is 0.533. The number of aryl methyl sites for hydroxylation is 1. The van der Waals surface area contributed by atoms with Crippen LogP contribution in [0.1, 0.15) is 76.3 Å². The summed E-state index contributed by atoms with van der Waals surface area (Å²) in [4.78, 5) is 28.7. The number of carbonyl (C=O) groups excluding carboxylic acids is 2. The molecule has 0 aliphatic heterocycles.